The van der Waals surface area contributed by atoms with Crippen molar-refractivity contribution in [2.24, 2.45) is 4.99 Å². The highest BCUT2D eigenvalue weighted by Gasteiger charge is 2.08. The number of halogens is 2. The minimum absolute atomic E-state index is 0. The summed E-state index contributed by atoms with van der Waals surface area (Å²) in [4.78, 5) is 4.14. The van der Waals surface area contributed by atoms with Crippen molar-refractivity contribution < 1.29 is 4.74 Å². The second-order valence-corrected chi connectivity index (χ2v) is 5.02. The van der Waals surface area contributed by atoms with Gasteiger partial charge in [0.05, 0.1) is 11.6 Å². The molecule has 2 N–H and O–H groups in total. The molecule has 0 radical (unpaired) electrons. The molecule has 0 saturated carbocycles. The first kappa shape index (κ1) is 19.3. The SMILES string of the molecule is CN=C(NCC(C)Oc1ccccc1Cl)NC(C)C.I. The zero-order valence-corrected chi connectivity index (χ0v) is 15.4. The molecule has 0 saturated heterocycles. The van der Waals surface area contributed by atoms with Crippen LogP contribution in [0.4, 0.5) is 0 Å². The molecule has 1 atom stereocenters. The van der Waals surface area contributed by atoms with Gasteiger partial charge in [0.2, 0.25) is 0 Å². The number of nitrogens with one attached hydrogen (secondary N) is 2. The van der Waals surface area contributed by atoms with E-state index in [9.17, 15) is 0 Å². The third kappa shape index (κ3) is 7.19. The molecule has 114 valence electrons. The Kier molecular flexibility index (Phi) is 9.75. The van der Waals surface area contributed by atoms with Crippen LogP contribution in [0.15, 0.2) is 29.3 Å². The summed E-state index contributed by atoms with van der Waals surface area (Å²) in [7, 11) is 1.75. The number of hydrogen-bond donors (Lipinski definition) is 2. The van der Waals surface area contributed by atoms with Gasteiger partial charge in [0.15, 0.2) is 5.96 Å². The molecule has 4 nitrogen and oxygen atoms in total. The van der Waals surface area contributed by atoms with E-state index in [1.54, 1.807) is 7.05 Å². The van der Waals surface area contributed by atoms with Crippen molar-refractivity contribution in [1.82, 2.24) is 10.6 Å². The van der Waals surface area contributed by atoms with Crippen LogP contribution in [0.25, 0.3) is 0 Å². The van der Waals surface area contributed by atoms with Gasteiger partial charge in [-0.05, 0) is 32.9 Å². The lowest BCUT2D eigenvalue weighted by Gasteiger charge is -2.19. The highest BCUT2D eigenvalue weighted by Crippen LogP contribution is 2.23. The first-order valence-corrected chi connectivity index (χ1v) is 6.79. The van der Waals surface area contributed by atoms with Crippen LogP contribution in [-0.2, 0) is 0 Å². The van der Waals surface area contributed by atoms with E-state index in [4.69, 9.17) is 16.3 Å². The van der Waals surface area contributed by atoms with Gasteiger partial charge in [0.1, 0.15) is 11.9 Å². The number of hydrogen-bond acceptors (Lipinski definition) is 2. The standard InChI is InChI=1S/C14H22ClN3O.HI/c1-10(2)18-14(16-4)17-9-11(3)19-13-8-6-5-7-12(13)15;/h5-8,10-11H,9H2,1-4H3,(H2,16,17,18);1H. The summed E-state index contributed by atoms with van der Waals surface area (Å²) in [6.07, 6.45) is -0.00869. The topological polar surface area (TPSA) is 45.7 Å². The summed E-state index contributed by atoms with van der Waals surface area (Å²) in [5, 5.41) is 7.05. The third-order valence-electron chi connectivity index (χ3n) is 2.37. The van der Waals surface area contributed by atoms with Gasteiger partial charge in [-0.2, -0.15) is 0 Å². The normalized spacial score (nSPS) is 12.6. The number of nitrogens with zero attached hydrogens (tertiary/aromatic N) is 1. The number of guanidine groups is 1. The Morgan fingerprint density at radius 3 is 2.50 bits per heavy atom. The summed E-state index contributed by atoms with van der Waals surface area (Å²) in [5.41, 5.74) is 0. The highest BCUT2D eigenvalue weighted by atomic mass is 127. The van der Waals surface area contributed by atoms with Crippen LogP contribution in [0, 0.1) is 0 Å². The molecule has 0 amide bonds. The molecule has 1 aromatic rings. The maximum Gasteiger partial charge on any atom is 0.191 e. The molecule has 1 unspecified atom stereocenters. The molecule has 0 spiro atoms. The molecule has 0 heterocycles. The lowest BCUT2D eigenvalue weighted by atomic mass is 10.3. The number of para-hydroxylation sites is 1. The van der Waals surface area contributed by atoms with Crippen molar-refractivity contribution in [3.05, 3.63) is 29.3 Å². The quantitative estimate of drug-likeness (QED) is 0.444. The number of benzene rings is 1. The van der Waals surface area contributed by atoms with Crippen LogP contribution < -0.4 is 15.4 Å². The van der Waals surface area contributed by atoms with E-state index in [0.717, 1.165) is 5.96 Å². The van der Waals surface area contributed by atoms with E-state index >= 15 is 0 Å². The fourth-order valence-corrected chi connectivity index (χ4v) is 1.69. The zero-order chi connectivity index (χ0) is 14.3. The fraction of sp³-hybridized carbons (Fsp3) is 0.500. The van der Waals surface area contributed by atoms with E-state index < -0.39 is 0 Å². The smallest absolute Gasteiger partial charge is 0.191 e. The molecule has 1 rings (SSSR count). The lowest BCUT2D eigenvalue weighted by Crippen LogP contribution is -2.44. The van der Waals surface area contributed by atoms with Crippen LogP contribution >= 0.6 is 35.6 Å². The molecule has 0 aliphatic rings. The zero-order valence-electron chi connectivity index (χ0n) is 12.3. The van der Waals surface area contributed by atoms with Gasteiger partial charge in [-0.25, -0.2) is 0 Å². The van der Waals surface area contributed by atoms with Crippen LogP contribution in [0.1, 0.15) is 20.8 Å². The number of ether oxygens (including phenoxy) is 1. The van der Waals surface area contributed by atoms with Gasteiger partial charge in [0.25, 0.3) is 0 Å². The van der Waals surface area contributed by atoms with E-state index in [1.807, 2.05) is 31.2 Å². The predicted molar refractivity (Wildman–Crippen MR) is 96.6 cm³/mol. The van der Waals surface area contributed by atoms with Crippen LogP contribution in [0.2, 0.25) is 5.02 Å². The summed E-state index contributed by atoms with van der Waals surface area (Å²) < 4.78 is 5.77. The molecule has 6 heteroatoms. The highest BCUT2D eigenvalue weighted by molar-refractivity contribution is 14.0. The number of rotatable bonds is 5. The molecular weight excluding hydrogens is 389 g/mol. The van der Waals surface area contributed by atoms with Crippen molar-refractivity contribution in [3.8, 4) is 5.75 Å². The average molecular weight is 412 g/mol. The van der Waals surface area contributed by atoms with Crippen molar-refractivity contribution in [2.45, 2.75) is 32.9 Å². The van der Waals surface area contributed by atoms with E-state index in [1.165, 1.54) is 0 Å². The first-order chi connectivity index (χ1) is 9.02. The first-order valence-electron chi connectivity index (χ1n) is 6.41. The van der Waals surface area contributed by atoms with Gasteiger partial charge in [-0.15, -0.1) is 24.0 Å². The van der Waals surface area contributed by atoms with Crippen molar-refractivity contribution in [1.29, 1.82) is 0 Å². The predicted octanol–water partition coefficient (Wildman–Crippen LogP) is 3.30. The van der Waals surface area contributed by atoms with Crippen LogP contribution in [0.3, 0.4) is 0 Å². The van der Waals surface area contributed by atoms with Crippen LogP contribution in [0.5, 0.6) is 5.75 Å². The molecule has 0 aliphatic heterocycles. The fourth-order valence-electron chi connectivity index (χ4n) is 1.51. The molecule has 1 aromatic carbocycles. The van der Waals surface area contributed by atoms with Crippen molar-refractivity contribution >= 4 is 41.5 Å². The van der Waals surface area contributed by atoms with Gasteiger partial charge in [0, 0.05) is 13.1 Å². The summed E-state index contributed by atoms with van der Waals surface area (Å²) in [6, 6.07) is 7.80. The van der Waals surface area contributed by atoms with Gasteiger partial charge in [-0.3, -0.25) is 4.99 Å². The third-order valence-corrected chi connectivity index (χ3v) is 2.68. The Hall–Kier alpha value is -0.690. The maximum atomic E-state index is 6.05. The minimum atomic E-state index is -0.00869. The summed E-state index contributed by atoms with van der Waals surface area (Å²) >= 11 is 6.05. The van der Waals surface area contributed by atoms with Crippen LogP contribution in [-0.4, -0.2) is 31.7 Å². The maximum absolute atomic E-state index is 6.05. The molecular formula is C14H23ClIN3O. The number of aliphatic imine (C=N–C) groups is 1. The van der Waals surface area contributed by atoms with Gasteiger partial charge >= 0.3 is 0 Å². The Morgan fingerprint density at radius 1 is 1.30 bits per heavy atom. The second kappa shape index (κ2) is 10.1. The molecule has 0 aliphatic carbocycles. The molecule has 20 heavy (non-hydrogen) atoms. The molecule has 0 aromatic heterocycles. The Bertz CT molecular complexity index is 427. The Labute approximate surface area is 143 Å². The lowest BCUT2D eigenvalue weighted by molar-refractivity contribution is 0.224. The van der Waals surface area contributed by atoms with Gasteiger partial charge < -0.3 is 15.4 Å². The largest absolute Gasteiger partial charge is 0.487 e. The van der Waals surface area contributed by atoms with E-state index in [2.05, 4.69) is 29.5 Å². The monoisotopic (exact) mass is 411 g/mol. The Morgan fingerprint density at radius 2 is 1.95 bits per heavy atom. The van der Waals surface area contributed by atoms with E-state index in [-0.39, 0.29) is 30.1 Å². The minimum Gasteiger partial charge on any atom is -0.487 e. The average Bonchev–Trinajstić information content (AvgIpc) is 2.37. The Balaban J connectivity index is 0.00000361. The summed E-state index contributed by atoms with van der Waals surface area (Å²) in [6.45, 7) is 6.77. The molecule has 0 fully saturated rings. The van der Waals surface area contributed by atoms with E-state index in [0.29, 0.717) is 23.4 Å². The summed E-state index contributed by atoms with van der Waals surface area (Å²) in [5.74, 6) is 1.47. The molecule has 0 bridgehead atoms. The van der Waals surface area contributed by atoms with Gasteiger partial charge in [-0.1, -0.05) is 23.7 Å². The second-order valence-electron chi connectivity index (χ2n) is 4.61. The van der Waals surface area contributed by atoms with Crippen molar-refractivity contribution in [2.75, 3.05) is 13.6 Å². The van der Waals surface area contributed by atoms with Crippen molar-refractivity contribution in [3.63, 3.8) is 0 Å².